The van der Waals surface area contributed by atoms with Crippen molar-refractivity contribution in [2.75, 3.05) is 13.2 Å². The molecule has 5 aromatic rings. The third-order valence-electron chi connectivity index (χ3n) is 9.52. The molecule has 1 aliphatic carbocycles. The van der Waals surface area contributed by atoms with Gasteiger partial charge in [0, 0.05) is 12.5 Å². The maximum absolute atomic E-state index is 13.3. The molecule has 1 aliphatic heterocycles. The molecule has 2 N–H and O–H groups in total. The monoisotopic (exact) mass is 699 g/mol. The van der Waals surface area contributed by atoms with Crippen LogP contribution in [0.5, 0.6) is 0 Å². The lowest BCUT2D eigenvalue weighted by Gasteiger charge is -2.45. The van der Waals surface area contributed by atoms with Gasteiger partial charge in [-0.25, -0.2) is 9.59 Å². The number of rotatable bonds is 14. The number of fused-ring (bicyclic) bond motifs is 3. The van der Waals surface area contributed by atoms with Crippen molar-refractivity contribution < 1.29 is 38.4 Å². The van der Waals surface area contributed by atoms with Gasteiger partial charge in [0.05, 0.1) is 19.8 Å². The highest BCUT2D eigenvalue weighted by Crippen LogP contribution is 2.44. The summed E-state index contributed by atoms with van der Waals surface area (Å²) in [5.41, 5.74) is 7.15. The van der Waals surface area contributed by atoms with Gasteiger partial charge in [-0.1, -0.05) is 140 Å². The minimum Gasteiger partial charge on any atom is -0.479 e. The van der Waals surface area contributed by atoms with Crippen LogP contribution in [0.25, 0.3) is 11.1 Å². The smallest absolute Gasteiger partial charge is 0.407 e. The van der Waals surface area contributed by atoms with Crippen molar-refractivity contribution in [2.45, 2.75) is 56.3 Å². The Hall–Kier alpha value is -5.32. The standard InChI is InChI=1S/C43H41NO8/c45-42(46)41-40(50-27-31-18-8-3-9-19-31)39(49-26-30-16-6-2-7-17-30)38(48-25-29-14-4-1-5-15-29)37(52-41)24-44-43(47)51-28-36-34-22-12-10-20-32(34)33-21-11-13-23-35(33)36/h1-23,36-41H,24-28H2,(H,44,47)(H,45,46)/t37-,38-,39+,40-,41-/m0/s1. The number of hydrogen-bond donors (Lipinski definition) is 2. The molecule has 9 heteroatoms. The number of carboxylic acids is 1. The Bertz CT molecular complexity index is 1880. The van der Waals surface area contributed by atoms with E-state index in [4.69, 9.17) is 23.7 Å². The van der Waals surface area contributed by atoms with Gasteiger partial charge in [-0.3, -0.25) is 0 Å². The Balaban J connectivity index is 1.11. The summed E-state index contributed by atoms with van der Waals surface area (Å²) in [6.45, 7) is 0.565. The van der Waals surface area contributed by atoms with Gasteiger partial charge in [0.2, 0.25) is 0 Å². The highest BCUT2D eigenvalue weighted by molar-refractivity contribution is 5.79. The number of ether oxygens (including phenoxy) is 5. The van der Waals surface area contributed by atoms with Crippen LogP contribution < -0.4 is 5.32 Å². The van der Waals surface area contributed by atoms with E-state index in [1.165, 1.54) is 0 Å². The van der Waals surface area contributed by atoms with Gasteiger partial charge in [0.15, 0.2) is 6.10 Å². The second-order valence-corrected chi connectivity index (χ2v) is 12.9. The van der Waals surface area contributed by atoms with E-state index >= 15 is 0 Å². The normalized spacial score (nSPS) is 20.8. The zero-order valence-electron chi connectivity index (χ0n) is 28.6. The predicted octanol–water partition coefficient (Wildman–Crippen LogP) is 7.13. The summed E-state index contributed by atoms with van der Waals surface area (Å²) in [6, 6.07) is 45.0. The molecule has 0 aromatic heterocycles. The molecule has 1 amide bonds. The first-order chi connectivity index (χ1) is 25.5. The van der Waals surface area contributed by atoms with Gasteiger partial charge in [-0.05, 0) is 38.9 Å². The molecule has 0 saturated carbocycles. The number of hydrogen-bond acceptors (Lipinski definition) is 7. The Labute approximate surface area is 303 Å². The Morgan fingerprint density at radius 2 is 1.02 bits per heavy atom. The largest absolute Gasteiger partial charge is 0.479 e. The molecule has 1 heterocycles. The number of alkyl carbamates (subject to hydrolysis) is 1. The summed E-state index contributed by atoms with van der Waals surface area (Å²) in [7, 11) is 0. The Morgan fingerprint density at radius 3 is 1.52 bits per heavy atom. The van der Waals surface area contributed by atoms with Crippen LogP contribution in [0.4, 0.5) is 4.79 Å². The minimum absolute atomic E-state index is 0.0868. The Kier molecular flexibility index (Phi) is 11.3. The van der Waals surface area contributed by atoms with Crippen molar-refractivity contribution in [3.63, 3.8) is 0 Å². The molecular formula is C43H41NO8. The van der Waals surface area contributed by atoms with Gasteiger partial charge in [0.1, 0.15) is 31.0 Å². The molecule has 1 saturated heterocycles. The summed E-state index contributed by atoms with van der Waals surface area (Å²) in [4.78, 5) is 26.1. The highest BCUT2D eigenvalue weighted by atomic mass is 16.6. The van der Waals surface area contributed by atoms with Crippen molar-refractivity contribution in [1.82, 2.24) is 5.32 Å². The van der Waals surface area contributed by atoms with E-state index in [9.17, 15) is 14.7 Å². The van der Waals surface area contributed by atoms with Crippen molar-refractivity contribution in [2.24, 2.45) is 0 Å². The van der Waals surface area contributed by atoms with Crippen LogP contribution >= 0.6 is 0 Å². The third-order valence-corrected chi connectivity index (χ3v) is 9.52. The average Bonchev–Trinajstić information content (AvgIpc) is 3.51. The van der Waals surface area contributed by atoms with Crippen molar-refractivity contribution in [1.29, 1.82) is 0 Å². The summed E-state index contributed by atoms with van der Waals surface area (Å²) in [6.07, 6.45) is -5.71. The van der Waals surface area contributed by atoms with E-state index in [-0.39, 0.29) is 38.9 Å². The molecule has 2 aliphatic rings. The van der Waals surface area contributed by atoms with Crippen LogP contribution in [0.2, 0.25) is 0 Å². The van der Waals surface area contributed by atoms with Crippen LogP contribution in [-0.2, 0) is 48.3 Å². The van der Waals surface area contributed by atoms with E-state index in [1.807, 2.05) is 115 Å². The van der Waals surface area contributed by atoms with E-state index in [2.05, 4.69) is 29.6 Å². The molecule has 9 nitrogen and oxygen atoms in total. The van der Waals surface area contributed by atoms with Gasteiger partial charge >= 0.3 is 12.1 Å². The number of nitrogens with one attached hydrogen (secondary N) is 1. The molecule has 266 valence electrons. The zero-order chi connectivity index (χ0) is 35.7. The number of carboxylic acid groups (broad SMARTS) is 1. The van der Waals surface area contributed by atoms with Crippen LogP contribution in [0.15, 0.2) is 140 Å². The number of benzene rings is 5. The molecule has 1 fully saturated rings. The summed E-state index contributed by atoms with van der Waals surface area (Å²) >= 11 is 0. The SMILES string of the molecule is O=C(NC[C@@H]1O[C@H](C(=O)O)[C@@H](OCc2ccccc2)[C@H](OCc2ccccc2)[C@H]1OCc1ccccc1)OCC1c2ccccc2-c2ccccc21. The fourth-order valence-corrected chi connectivity index (χ4v) is 6.98. The van der Waals surface area contributed by atoms with Crippen LogP contribution in [0, 0.1) is 0 Å². The highest BCUT2D eigenvalue weighted by Gasteiger charge is 2.51. The second-order valence-electron chi connectivity index (χ2n) is 12.9. The number of carbonyl (C=O) groups excluding carboxylic acids is 1. The predicted molar refractivity (Wildman–Crippen MR) is 194 cm³/mol. The lowest BCUT2D eigenvalue weighted by molar-refractivity contribution is -0.263. The van der Waals surface area contributed by atoms with Crippen LogP contribution in [0.1, 0.15) is 33.7 Å². The molecule has 5 atom stereocenters. The lowest BCUT2D eigenvalue weighted by Crippen LogP contribution is -2.64. The van der Waals surface area contributed by atoms with E-state index in [1.54, 1.807) is 0 Å². The van der Waals surface area contributed by atoms with E-state index < -0.39 is 42.6 Å². The number of aliphatic carboxylic acids is 1. The Morgan fingerprint density at radius 1 is 0.577 bits per heavy atom. The molecule has 0 unspecified atom stereocenters. The maximum atomic E-state index is 13.3. The molecule has 7 rings (SSSR count). The first-order valence-corrected chi connectivity index (χ1v) is 17.5. The van der Waals surface area contributed by atoms with Gasteiger partial charge in [0.25, 0.3) is 0 Å². The number of amides is 1. The quantitative estimate of drug-likeness (QED) is 0.126. The first kappa shape index (κ1) is 35.1. The van der Waals surface area contributed by atoms with E-state index in [0.717, 1.165) is 38.9 Å². The lowest BCUT2D eigenvalue weighted by atomic mass is 9.93. The molecule has 5 aromatic carbocycles. The maximum Gasteiger partial charge on any atom is 0.407 e. The minimum atomic E-state index is -1.41. The molecule has 52 heavy (non-hydrogen) atoms. The van der Waals surface area contributed by atoms with Gasteiger partial charge in [-0.15, -0.1) is 0 Å². The molecule has 0 radical (unpaired) electrons. The molecule has 0 spiro atoms. The number of carbonyl (C=O) groups is 2. The van der Waals surface area contributed by atoms with Crippen LogP contribution in [0.3, 0.4) is 0 Å². The van der Waals surface area contributed by atoms with Crippen molar-refractivity contribution in [3.8, 4) is 11.1 Å². The summed E-state index contributed by atoms with van der Waals surface area (Å²) < 4.78 is 31.4. The van der Waals surface area contributed by atoms with Crippen molar-refractivity contribution >= 4 is 12.1 Å². The fourth-order valence-electron chi connectivity index (χ4n) is 6.98. The third kappa shape index (κ3) is 8.25. The van der Waals surface area contributed by atoms with Crippen molar-refractivity contribution in [3.05, 3.63) is 167 Å². The average molecular weight is 700 g/mol. The fraction of sp³-hybridized carbons (Fsp3) is 0.256. The molecule has 0 bridgehead atoms. The summed E-state index contributed by atoms with van der Waals surface area (Å²) in [5, 5.41) is 13.3. The van der Waals surface area contributed by atoms with Gasteiger partial charge < -0.3 is 34.1 Å². The zero-order valence-corrected chi connectivity index (χ0v) is 28.6. The van der Waals surface area contributed by atoms with Gasteiger partial charge in [-0.2, -0.15) is 0 Å². The first-order valence-electron chi connectivity index (χ1n) is 17.5. The second kappa shape index (κ2) is 16.8. The topological polar surface area (TPSA) is 113 Å². The van der Waals surface area contributed by atoms with E-state index in [0.29, 0.717) is 0 Å². The molecular weight excluding hydrogens is 658 g/mol. The van der Waals surface area contributed by atoms with Crippen LogP contribution in [-0.4, -0.2) is 60.8 Å². The summed E-state index contributed by atoms with van der Waals surface area (Å²) in [5.74, 6) is -1.32.